The average Bonchev–Trinajstić information content (AvgIpc) is 2.64. The van der Waals surface area contributed by atoms with Crippen LogP contribution in [0.3, 0.4) is 0 Å². The van der Waals surface area contributed by atoms with Crippen LogP contribution in [0.15, 0.2) is 42.0 Å². The minimum atomic E-state index is -1.18. The minimum absolute atomic E-state index is 0.0834. The van der Waals surface area contributed by atoms with Crippen LogP contribution in [0.25, 0.3) is 0 Å². The maximum atomic E-state index is 13.5. The molecule has 8 nitrogen and oxygen atoms in total. The molecule has 0 unspecified atom stereocenters. The number of nitrogen functional groups attached to an aromatic ring is 1. The van der Waals surface area contributed by atoms with E-state index in [2.05, 4.69) is 10.3 Å². The molecule has 0 saturated carbocycles. The molecule has 2 amide bonds. The van der Waals surface area contributed by atoms with E-state index in [0.29, 0.717) is 12.0 Å². The number of anilines is 3. The summed E-state index contributed by atoms with van der Waals surface area (Å²) < 4.78 is 26.8. The van der Waals surface area contributed by atoms with Crippen molar-refractivity contribution in [1.29, 1.82) is 0 Å². The van der Waals surface area contributed by atoms with E-state index >= 15 is 0 Å². The number of benzene rings is 1. The van der Waals surface area contributed by atoms with E-state index in [9.17, 15) is 18.4 Å². The third-order valence-electron chi connectivity index (χ3n) is 4.06. The fraction of sp³-hybridized carbons (Fsp3) is 0.167. The number of aryl methyl sites for hydroxylation is 1. The Bertz CT molecular complexity index is 948. The molecule has 0 aliphatic rings. The van der Waals surface area contributed by atoms with Crippen molar-refractivity contribution < 1.29 is 18.4 Å². The van der Waals surface area contributed by atoms with Crippen molar-refractivity contribution in [2.45, 2.75) is 13.8 Å². The molecule has 0 bridgehead atoms. The van der Waals surface area contributed by atoms with Gasteiger partial charge in [0.1, 0.15) is 5.70 Å². The quantitative estimate of drug-likeness (QED) is 0.237. The lowest BCUT2D eigenvalue weighted by Crippen LogP contribution is -2.40. The molecule has 1 aromatic carbocycles. The summed E-state index contributed by atoms with van der Waals surface area (Å²) in [5.74, 6) is 3.53. The number of aromatic nitrogens is 1. The van der Waals surface area contributed by atoms with Crippen molar-refractivity contribution in [3.63, 3.8) is 0 Å². The molecular formula is C18H20F2N6O2. The van der Waals surface area contributed by atoms with E-state index in [-0.39, 0.29) is 22.8 Å². The fourth-order valence-electron chi connectivity index (χ4n) is 2.44. The first kappa shape index (κ1) is 20.8. The lowest BCUT2D eigenvalue weighted by Gasteiger charge is -2.24. The Kier molecular flexibility index (Phi) is 6.26. The first-order valence-electron chi connectivity index (χ1n) is 8.08. The van der Waals surface area contributed by atoms with Crippen LogP contribution in [0.5, 0.6) is 0 Å². The number of nitrogens with one attached hydrogen (secondary N) is 1. The molecule has 0 saturated heterocycles. The second kappa shape index (κ2) is 8.44. The number of carbonyl (C=O) groups excluding carboxylic acids is 2. The molecule has 0 aliphatic carbocycles. The number of aldehydes is 1. The molecule has 0 radical (unpaired) electrons. The normalized spacial score (nSPS) is 11.5. The Morgan fingerprint density at radius 1 is 1.25 bits per heavy atom. The molecule has 0 fully saturated rings. The summed E-state index contributed by atoms with van der Waals surface area (Å²) in [6.07, 6.45) is 3.48. The van der Waals surface area contributed by atoms with E-state index in [1.807, 2.05) is 6.92 Å². The number of hydrogen-bond acceptors (Lipinski definition) is 6. The zero-order valence-corrected chi connectivity index (χ0v) is 15.5. The smallest absolute Gasteiger partial charge is 0.325 e. The standard InChI is InChI=1S/C18H20F2N6O2/c1-10-4-5-23-8-16(10)25(3)18(28)24-11(2)17(9-27)26(22)15-7-13(20)12(19)6-14(15)21/h4-9H,21-22H2,1-3H3,(H,24,28)/b17-11+. The van der Waals surface area contributed by atoms with Crippen LogP contribution in [0.2, 0.25) is 0 Å². The summed E-state index contributed by atoms with van der Waals surface area (Å²) >= 11 is 0. The number of allylic oxidation sites excluding steroid dienone is 2. The summed E-state index contributed by atoms with van der Waals surface area (Å²) in [5, 5.41) is 3.30. The van der Waals surface area contributed by atoms with Crippen molar-refractivity contribution in [3.8, 4) is 0 Å². The number of nitrogens with two attached hydrogens (primary N) is 2. The van der Waals surface area contributed by atoms with Gasteiger partial charge in [-0.1, -0.05) is 0 Å². The fourth-order valence-corrected chi connectivity index (χ4v) is 2.44. The lowest BCUT2D eigenvalue weighted by molar-refractivity contribution is -0.105. The maximum absolute atomic E-state index is 13.5. The van der Waals surface area contributed by atoms with Gasteiger partial charge in [0.05, 0.1) is 23.3 Å². The van der Waals surface area contributed by atoms with Crippen LogP contribution < -0.4 is 26.8 Å². The zero-order valence-electron chi connectivity index (χ0n) is 15.5. The molecule has 10 heteroatoms. The number of hydrazine groups is 1. The summed E-state index contributed by atoms with van der Waals surface area (Å²) in [7, 11) is 1.53. The second-order valence-corrected chi connectivity index (χ2v) is 5.97. The van der Waals surface area contributed by atoms with Gasteiger partial charge in [0, 0.05) is 31.1 Å². The topological polar surface area (TPSA) is 118 Å². The van der Waals surface area contributed by atoms with Crippen molar-refractivity contribution in [2.24, 2.45) is 5.84 Å². The van der Waals surface area contributed by atoms with Crippen molar-refractivity contribution in [1.82, 2.24) is 10.3 Å². The van der Waals surface area contributed by atoms with Gasteiger partial charge in [-0.05, 0) is 25.5 Å². The van der Waals surface area contributed by atoms with Crippen LogP contribution in [-0.4, -0.2) is 24.3 Å². The third kappa shape index (κ3) is 4.23. The van der Waals surface area contributed by atoms with Gasteiger partial charge in [-0.3, -0.25) is 19.7 Å². The number of hydrogen-bond donors (Lipinski definition) is 3. The molecular weight excluding hydrogens is 370 g/mol. The highest BCUT2D eigenvalue weighted by molar-refractivity contribution is 5.94. The van der Waals surface area contributed by atoms with Crippen LogP contribution in [0.1, 0.15) is 12.5 Å². The number of nitrogens with zero attached hydrogens (tertiary/aromatic N) is 3. The van der Waals surface area contributed by atoms with Gasteiger partial charge in [-0.25, -0.2) is 19.4 Å². The zero-order chi connectivity index (χ0) is 21.0. The summed E-state index contributed by atoms with van der Waals surface area (Å²) in [4.78, 5) is 29.3. The Labute approximate surface area is 160 Å². The number of rotatable bonds is 5. The van der Waals surface area contributed by atoms with E-state index in [4.69, 9.17) is 11.6 Å². The number of halogens is 2. The highest BCUT2D eigenvalue weighted by atomic mass is 19.2. The monoisotopic (exact) mass is 390 g/mol. The Balaban J connectivity index is 2.31. The van der Waals surface area contributed by atoms with Gasteiger partial charge >= 0.3 is 6.03 Å². The molecule has 5 N–H and O–H groups in total. The van der Waals surface area contributed by atoms with Crippen LogP contribution in [0, 0.1) is 18.6 Å². The maximum Gasteiger partial charge on any atom is 0.325 e. The van der Waals surface area contributed by atoms with E-state index in [0.717, 1.165) is 22.7 Å². The van der Waals surface area contributed by atoms with E-state index in [1.165, 1.54) is 25.1 Å². The third-order valence-corrected chi connectivity index (χ3v) is 4.06. The number of amides is 2. The predicted molar refractivity (Wildman–Crippen MR) is 102 cm³/mol. The largest absolute Gasteiger partial charge is 0.397 e. The van der Waals surface area contributed by atoms with Crippen molar-refractivity contribution >= 4 is 29.4 Å². The van der Waals surface area contributed by atoms with Gasteiger partial charge in [0.25, 0.3) is 0 Å². The minimum Gasteiger partial charge on any atom is -0.397 e. The van der Waals surface area contributed by atoms with Crippen molar-refractivity contribution in [2.75, 3.05) is 22.7 Å². The Morgan fingerprint density at radius 3 is 2.50 bits per heavy atom. The van der Waals surface area contributed by atoms with Crippen LogP contribution in [0.4, 0.5) is 30.6 Å². The van der Waals surface area contributed by atoms with Crippen LogP contribution in [-0.2, 0) is 4.79 Å². The second-order valence-electron chi connectivity index (χ2n) is 5.97. The highest BCUT2D eigenvalue weighted by Gasteiger charge is 2.19. The molecule has 1 heterocycles. The molecule has 0 aliphatic heterocycles. The van der Waals surface area contributed by atoms with Gasteiger partial charge in [0.2, 0.25) is 0 Å². The molecule has 0 atom stereocenters. The summed E-state index contributed by atoms with van der Waals surface area (Å²) in [6, 6.07) is 2.69. The SMILES string of the molecule is C/C(NC(=O)N(C)c1cnccc1C)=C(/C=O)N(N)c1cc(F)c(F)cc1N. The van der Waals surface area contributed by atoms with Crippen LogP contribution >= 0.6 is 0 Å². The van der Waals surface area contributed by atoms with Gasteiger partial charge < -0.3 is 11.1 Å². The molecule has 28 heavy (non-hydrogen) atoms. The lowest BCUT2D eigenvalue weighted by atomic mass is 10.2. The van der Waals surface area contributed by atoms with E-state index in [1.54, 1.807) is 12.3 Å². The predicted octanol–water partition coefficient (Wildman–Crippen LogP) is 2.21. The Hall–Kier alpha value is -3.53. The van der Waals surface area contributed by atoms with Crippen molar-refractivity contribution in [3.05, 3.63) is 59.2 Å². The molecule has 148 valence electrons. The number of urea groups is 1. The van der Waals surface area contributed by atoms with Gasteiger partial charge in [-0.15, -0.1) is 0 Å². The summed E-state index contributed by atoms with van der Waals surface area (Å²) in [5.41, 5.74) is 6.62. The average molecular weight is 390 g/mol. The molecule has 2 aromatic rings. The first-order valence-corrected chi connectivity index (χ1v) is 8.08. The molecule has 0 spiro atoms. The Morgan fingerprint density at radius 2 is 1.89 bits per heavy atom. The number of pyridine rings is 1. The number of carbonyl (C=O) groups is 2. The highest BCUT2D eigenvalue weighted by Crippen LogP contribution is 2.27. The van der Waals surface area contributed by atoms with Gasteiger partial charge in [0.15, 0.2) is 17.9 Å². The first-order chi connectivity index (χ1) is 13.2. The van der Waals surface area contributed by atoms with Gasteiger partial charge in [-0.2, -0.15) is 0 Å². The molecule has 2 rings (SSSR count). The van der Waals surface area contributed by atoms with E-state index < -0.39 is 17.7 Å². The summed E-state index contributed by atoms with van der Waals surface area (Å²) in [6.45, 7) is 3.25. The molecule has 1 aromatic heterocycles.